The van der Waals surface area contributed by atoms with E-state index in [9.17, 15) is 13.2 Å². The van der Waals surface area contributed by atoms with Crippen LogP contribution in [0, 0.1) is 6.92 Å². The lowest BCUT2D eigenvalue weighted by Crippen LogP contribution is -2.30. The standard InChI is InChI=1S/C24H26N2O4S/c1-17-10-15-22(31(28,29)26(3)4)16-23(17)25-24(27)18(2)30-21-13-11-20(12-14-21)19-8-6-5-7-9-19/h5-16,18H,1-4H3,(H,25,27). The minimum atomic E-state index is -3.60. The molecule has 3 aromatic carbocycles. The molecule has 0 fully saturated rings. The molecule has 0 bridgehead atoms. The second kappa shape index (κ2) is 9.32. The summed E-state index contributed by atoms with van der Waals surface area (Å²) in [4.78, 5) is 12.8. The van der Waals surface area contributed by atoms with Crippen molar-refractivity contribution in [2.45, 2.75) is 24.8 Å². The van der Waals surface area contributed by atoms with E-state index in [2.05, 4.69) is 5.32 Å². The molecule has 1 unspecified atom stereocenters. The van der Waals surface area contributed by atoms with E-state index in [4.69, 9.17) is 4.74 Å². The minimum Gasteiger partial charge on any atom is -0.481 e. The summed E-state index contributed by atoms with van der Waals surface area (Å²) in [5.41, 5.74) is 3.34. The van der Waals surface area contributed by atoms with Crippen LogP contribution in [0.3, 0.4) is 0 Å². The summed E-state index contributed by atoms with van der Waals surface area (Å²) in [6.45, 7) is 3.45. The number of carbonyl (C=O) groups excluding carboxylic acids is 1. The number of hydrogen-bond acceptors (Lipinski definition) is 4. The summed E-state index contributed by atoms with van der Waals surface area (Å²) in [7, 11) is -0.668. The van der Waals surface area contributed by atoms with Crippen LogP contribution in [0.25, 0.3) is 11.1 Å². The molecule has 3 rings (SSSR count). The molecule has 0 saturated carbocycles. The fourth-order valence-corrected chi connectivity index (χ4v) is 3.88. The Morgan fingerprint density at radius 1 is 0.935 bits per heavy atom. The number of anilines is 1. The molecule has 3 aromatic rings. The van der Waals surface area contributed by atoms with Gasteiger partial charge in [0.15, 0.2) is 6.10 Å². The Bertz CT molecular complexity index is 1160. The molecule has 1 amide bonds. The normalized spacial score (nSPS) is 12.4. The predicted molar refractivity (Wildman–Crippen MR) is 123 cm³/mol. The number of nitrogens with zero attached hydrogens (tertiary/aromatic N) is 1. The van der Waals surface area contributed by atoms with E-state index in [1.807, 2.05) is 54.6 Å². The molecule has 1 N–H and O–H groups in total. The van der Waals surface area contributed by atoms with Crippen LogP contribution in [0.5, 0.6) is 5.75 Å². The number of aryl methyl sites for hydroxylation is 1. The molecule has 6 nitrogen and oxygen atoms in total. The molecular formula is C24H26N2O4S. The zero-order valence-electron chi connectivity index (χ0n) is 18.0. The molecule has 1 atom stereocenters. The Labute approximate surface area is 183 Å². The van der Waals surface area contributed by atoms with Crippen molar-refractivity contribution in [2.24, 2.45) is 0 Å². The summed E-state index contributed by atoms with van der Waals surface area (Å²) in [6.07, 6.45) is -0.768. The summed E-state index contributed by atoms with van der Waals surface area (Å²) in [5, 5.41) is 2.77. The van der Waals surface area contributed by atoms with E-state index in [-0.39, 0.29) is 10.8 Å². The first-order valence-electron chi connectivity index (χ1n) is 9.84. The van der Waals surface area contributed by atoms with Gasteiger partial charge in [0.2, 0.25) is 10.0 Å². The van der Waals surface area contributed by atoms with Crippen molar-refractivity contribution in [3.05, 3.63) is 78.4 Å². The Morgan fingerprint density at radius 2 is 1.55 bits per heavy atom. The lowest BCUT2D eigenvalue weighted by molar-refractivity contribution is -0.122. The largest absolute Gasteiger partial charge is 0.481 e. The molecule has 0 radical (unpaired) electrons. The molecule has 0 aliphatic rings. The third kappa shape index (κ3) is 5.31. The maximum absolute atomic E-state index is 12.7. The Balaban J connectivity index is 1.70. The zero-order valence-corrected chi connectivity index (χ0v) is 18.8. The summed E-state index contributed by atoms with van der Waals surface area (Å²) in [5.74, 6) is 0.206. The first kappa shape index (κ1) is 22.5. The molecule has 0 aromatic heterocycles. The van der Waals surface area contributed by atoms with Crippen LogP contribution in [-0.4, -0.2) is 38.8 Å². The molecule has 0 heterocycles. The summed E-state index contributed by atoms with van der Waals surface area (Å²) >= 11 is 0. The third-order valence-corrected chi connectivity index (χ3v) is 6.70. The molecule has 31 heavy (non-hydrogen) atoms. The Kier molecular flexibility index (Phi) is 6.77. The number of rotatable bonds is 7. The van der Waals surface area contributed by atoms with Crippen molar-refractivity contribution in [1.29, 1.82) is 0 Å². The first-order chi connectivity index (χ1) is 14.7. The Morgan fingerprint density at radius 3 is 2.16 bits per heavy atom. The quantitative estimate of drug-likeness (QED) is 0.596. The predicted octanol–water partition coefficient (Wildman–Crippen LogP) is 4.32. The monoisotopic (exact) mass is 438 g/mol. The number of sulfonamides is 1. The highest BCUT2D eigenvalue weighted by atomic mass is 32.2. The van der Waals surface area contributed by atoms with E-state index in [0.717, 1.165) is 21.0 Å². The first-order valence-corrected chi connectivity index (χ1v) is 11.3. The average molecular weight is 439 g/mol. The van der Waals surface area contributed by atoms with Gasteiger partial charge in [0, 0.05) is 19.8 Å². The summed E-state index contributed by atoms with van der Waals surface area (Å²) in [6, 6.07) is 22.2. The highest BCUT2D eigenvalue weighted by Crippen LogP contribution is 2.24. The lowest BCUT2D eigenvalue weighted by atomic mass is 10.1. The van der Waals surface area contributed by atoms with E-state index in [1.165, 1.54) is 26.2 Å². The van der Waals surface area contributed by atoms with Crippen molar-refractivity contribution in [3.63, 3.8) is 0 Å². The fourth-order valence-electron chi connectivity index (χ4n) is 2.96. The van der Waals surface area contributed by atoms with Gasteiger partial charge in [-0.1, -0.05) is 48.5 Å². The molecule has 162 valence electrons. The molecular weight excluding hydrogens is 412 g/mol. The van der Waals surface area contributed by atoms with Crippen LogP contribution in [0.4, 0.5) is 5.69 Å². The number of nitrogens with one attached hydrogen (secondary N) is 1. The molecule has 0 aliphatic carbocycles. The number of benzene rings is 3. The van der Waals surface area contributed by atoms with E-state index in [1.54, 1.807) is 19.9 Å². The topological polar surface area (TPSA) is 75.7 Å². The summed E-state index contributed by atoms with van der Waals surface area (Å²) < 4.78 is 31.7. The van der Waals surface area contributed by atoms with Crippen LogP contribution in [0.1, 0.15) is 12.5 Å². The van der Waals surface area contributed by atoms with Gasteiger partial charge in [-0.2, -0.15) is 0 Å². The smallest absolute Gasteiger partial charge is 0.265 e. The lowest BCUT2D eigenvalue weighted by Gasteiger charge is -2.17. The number of amides is 1. The van der Waals surface area contributed by atoms with Crippen molar-refractivity contribution >= 4 is 21.6 Å². The van der Waals surface area contributed by atoms with Gasteiger partial charge in [-0.15, -0.1) is 0 Å². The molecule has 0 aliphatic heterocycles. The van der Waals surface area contributed by atoms with Crippen LogP contribution >= 0.6 is 0 Å². The van der Waals surface area contributed by atoms with Crippen LogP contribution < -0.4 is 10.1 Å². The van der Waals surface area contributed by atoms with Gasteiger partial charge in [0.25, 0.3) is 5.91 Å². The maximum atomic E-state index is 12.7. The number of carbonyl (C=O) groups is 1. The fraction of sp³-hybridized carbons (Fsp3) is 0.208. The average Bonchev–Trinajstić information content (AvgIpc) is 2.76. The van der Waals surface area contributed by atoms with Gasteiger partial charge in [-0.25, -0.2) is 12.7 Å². The van der Waals surface area contributed by atoms with Crippen LogP contribution in [0.15, 0.2) is 77.7 Å². The third-order valence-electron chi connectivity index (χ3n) is 4.89. The highest BCUT2D eigenvalue weighted by Gasteiger charge is 2.20. The van der Waals surface area contributed by atoms with Crippen molar-refractivity contribution in [1.82, 2.24) is 4.31 Å². The number of hydrogen-bond donors (Lipinski definition) is 1. The van der Waals surface area contributed by atoms with Crippen LogP contribution in [-0.2, 0) is 14.8 Å². The van der Waals surface area contributed by atoms with E-state index in [0.29, 0.717) is 11.4 Å². The van der Waals surface area contributed by atoms with Crippen LogP contribution in [0.2, 0.25) is 0 Å². The minimum absolute atomic E-state index is 0.114. The second-order valence-corrected chi connectivity index (χ2v) is 9.56. The molecule has 0 saturated heterocycles. The highest BCUT2D eigenvalue weighted by molar-refractivity contribution is 7.89. The van der Waals surface area contributed by atoms with Gasteiger partial charge < -0.3 is 10.1 Å². The molecule has 0 spiro atoms. The van der Waals surface area contributed by atoms with Crippen molar-refractivity contribution in [2.75, 3.05) is 19.4 Å². The van der Waals surface area contributed by atoms with E-state index < -0.39 is 16.1 Å². The zero-order chi connectivity index (χ0) is 22.6. The van der Waals surface area contributed by atoms with Gasteiger partial charge in [0.1, 0.15) is 5.75 Å². The van der Waals surface area contributed by atoms with Crippen molar-refractivity contribution in [3.8, 4) is 16.9 Å². The van der Waals surface area contributed by atoms with Crippen molar-refractivity contribution < 1.29 is 17.9 Å². The molecule has 7 heteroatoms. The SMILES string of the molecule is Cc1ccc(S(=O)(=O)N(C)C)cc1NC(=O)C(C)Oc1ccc(-c2ccccc2)cc1. The second-order valence-electron chi connectivity index (χ2n) is 7.40. The van der Waals surface area contributed by atoms with Gasteiger partial charge >= 0.3 is 0 Å². The van der Waals surface area contributed by atoms with Gasteiger partial charge in [0.05, 0.1) is 4.90 Å². The number of ether oxygens (including phenoxy) is 1. The Hall–Kier alpha value is -3.16. The van der Waals surface area contributed by atoms with Gasteiger partial charge in [-0.05, 0) is 54.8 Å². The maximum Gasteiger partial charge on any atom is 0.265 e. The van der Waals surface area contributed by atoms with E-state index >= 15 is 0 Å². The van der Waals surface area contributed by atoms with Gasteiger partial charge in [-0.3, -0.25) is 4.79 Å².